The van der Waals surface area contributed by atoms with Gasteiger partial charge in [-0.25, -0.2) is 8.78 Å². The Morgan fingerprint density at radius 3 is 2.58 bits per heavy atom. The van der Waals surface area contributed by atoms with Crippen LogP contribution in [0.3, 0.4) is 0 Å². The summed E-state index contributed by atoms with van der Waals surface area (Å²) < 4.78 is 37.2. The molecule has 3 rings (SSSR count). The molecule has 0 unspecified atom stereocenters. The molecule has 5 nitrogen and oxygen atoms in total. The summed E-state index contributed by atoms with van der Waals surface area (Å²) in [5, 5.41) is 2.98. The summed E-state index contributed by atoms with van der Waals surface area (Å²) in [5.74, 6) is -0.117. The van der Waals surface area contributed by atoms with Gasteiger partial charge in [-0.1, -0.05) is 6.07 Å². The first kappa shape index (κ1) is 20.2. The molecule has 0 fully saturated rings. The summed E-state index contributed by atoms with van der Waals surface area (Å²) in [6, 6.07) is 9.24. The predicted octanol–water partition coefficient (Wildman–Crippen LogP) is 3.71. The van der Waals surface area contributed by atoms with Gasteiger partial charge in [-0.3, -0.25) is 4.99 Å². The number of hydrogen-bond acceptors (Lipinski definition) is 3. The van der Waals surface area contributed by atoms with Crippen molar-refractivity contribution in [2.24, 2.45) is 10.7 Å². The Balaban J connectivity index is 0.00000243. The van der Waals surface area contributed by atoms with Crippen molar-refractivity contribution >= 4 is 35.6 Å². The van der Waals surface area contributed by atoms with E-state index < -0.39 is 11.6 Å². The first-order valence-corrected chi connectivity index (χ1v) is 8.02. The van der Waals surface area contributed by atoms with Gasteiger partial charge >= 0.3 is 0 Å². The fraction of sp³-hybridized carbons (Fsp3) is 0.278. The van der Waals surface area contributed by atoms with Gasteiger partial charge in [0, 0.05) is 24.7 Å². The number of nitrogens with zero attached hydrogens (tertiary/aromatic N) is 1. The van der Waals surface area contributed by atoms with Crippen LogP contribution in [-0.4, -0.2) is 25.7 Å². The minimum absolute atomic E-state index is 0. The Bertz CT molecular complexity index is 787. The fourth-order valence-corrected chi connectivity index (χ4v) is 2.43. The first-order chi connectivity index (χ1) is 12.1. The van der Waals surface area contributed by atoms with Crippen molar-refractivity contribution < 1.29 is 18.3 Å². The molecule has 3 N–H and O–H groups in total. The number of nitrogens with one attached hydrogen (secondary N) is 1. The molecule has 1 aliphatic rings. The highest BCUT2D eigenvalue weighted by molar-refractivity contribution is 14.0. The van der Waals surface area contributed by atoms with Crippen molar-refractivity contribution in [2.75, 3.05) is 25.1 Å². The monoisotopic (exact) mass is 475 g/mol. The number of nitrogens with two attached hydrogens (primary N) is 1. The molecule has 0 aliphatic carbocycles. The van der Waals surface area contributed by atoms with Gasteiger partial charge in [-0.2, -0.15) is 0 Å². The van der Waals surface area contributed by atoms with E-state index in [2.05, 4.69) is 10.3 Å². The molecule has 0 saturated heterocycles. The molecule has 140 valence electrons. The number of anilines is 1. The number of ether oxygens (including phenoxy) is 2. The first-order valence-electron chi connectivity index (χ1n) is 8.02. The molecule has 0 aromatic heterocycles. The van der Waals surface area contributed by atoms with E-state index in [1.54, 1.807) is 6.07 Å². The quantitative estimate of drug-likeness (QED) is 0.402. The number of benzene rings is 2. The lowest BCUT2D eigenvalue weighted by molar-refractivity contribution is 0.297. The molecule has 2 aromatic carbocycles. The smallest absolute Gasteiger partial charge is 0.193 e. The molecule has 0 spiro atoms. The zero-order chi connectivity index (χ0) is 17.6. The molecule has 8 heteroatoms. The Kier molecular flexibility index (Phi) is 7.43. The fourth-order valence-electron chi connectivity index (χ4n) is 2.43. The minimum Gasteiger partial charge on any atom is -0.490 e. The van der Waals surface area contributed by atoms with Crippen molar-refractivity contribution in [3.05, 3.63) is 53.6 Å². The highest BCUT2D eigenvalue weighted by Crippen LogP contribution is 2.32. The Hall–Kier alpha value is -2.10. The normalized spacial score (nSPS) is 13.5. The maximum Gasteiger partial charge on any atom is 0.193 e. The maximum atomic E-state index is 13.1. The number of halogens is 3. The van der Waals surface area contributed by atoms with E-state index in [9.17, 15) is 8.78 Å². The molecule has 0 radical (unpaired) electrons. The number of rotatable bonds is 4. The zero-order valence-electron chi connectivity index (χ0n) is 14.0. The standard InChI is InChI=1S/C18H19F2N3O2.HI/c19-14-4-2-12(10-15(14)20)6-7-22-18(21)23-13-3-5-16-17(11-13)25-9-1-8-24-16;/h2-5,10-11H,1,6-9H2,(H3,21,22,23);1H. The summed E-state index contributed by atoms with van der Waals surface area (Å²) in [6.07, 6.45) is 1.30. The van der Waals surface area contributed by atoms with Crippen molar-refractivity contribution in [3.8, 4) is 11.5 Å². The second kappa shape index (κ2) is 9.56. The van der Waals surface area contributed by atoms with Crippen LogP contribution in [0.5, 0.6) is 11.5 Å². The topological polar surface area (TPSA) is 68.9 Å². The number of aliphatic imine (C=N–C) groups is 1. The van der Waals surface area contributed by atoms with Gasteiger partial charge in [0.25, 0.3) is 0 Å². The third-order valence-electron chi connectivity index (χ3n) is 3.69. The molecule has 2 aromatic rings. The summed E-state index contributed by atoms with van der Waals surface area (Å²) in [6.45, 7) is 1.59. The number of guanidine groups is 1. The average molecular weight is 475 g/mol. The highest BCUT2D eigenvalue weighted by atomic mass is 127. The van der Waals surface area contributed by atoms with E-state index >= 15 is 0 Å². The summed E-state index contributed by atoms with van der Waals surface area (Å²) in [5.41, 5.74) is 7.26. The molecule has 1 heterocycles. The van der Waals surface area contributed by atoms with Crippen LogP contribution in [0.2, 0.25) is 0 Å². The van der Waals surface area contributed by atoms with E-state index in [0.717, 1.165) is 24.2 Å². The van der Waals surface area contributed by atoms with Crippen LogP contribution in [0.1, 0.15) is 12.0 Å². The van der Waals surface area contributed by atoms with Gasteiger partial charge in [0.1, 0.15) is 0 Å². The van der Waals surface area contributed by atoms with Crippen LogP contribution in [0, 0.1) is 11.6 Å². The third kappa shape index (κ3) is 5.45. The molecule has 0 atom stereocenters. The lowest BCUT2D eigenvalue weighted by Crippen LogP contribution is -2.23. The lowest BCUT2D eigenvalue weighted by atomic mass is 10.1. The van der Waals surface area contributed by atoms with Crippen LogP contribution >= 0.6 is 24.0 Å². The SMILES string of the molecule is I.NC(=NCCc1ccc(F)c(F)c1)Nc1ccc2c(c1)OCCCO2. The summed E-state index contributed by atoms with van der Waals surface area (Å²) in [4.78, 5) is 4.19. The third-order valence-corrected chi connectivity index (χ3v) is 3.69. The van der Waals surface area contributed by atoms with Crippen molar-refractivity contribution in [1.82, 2.24) is 0 Å². The molecular formula is C18H20F2IN3O2. The van der Waals surface area contributed by atoms with Crippen LogP contribution in [0.4, 0.5) is 14.5 Å². The van der Waals surface area contributed by atoms with Gasteiger partial charge in [0.15, 0.2) is 29.1 Å². The molecule has 1 aliphatic heterocycles. The van der Waals surface area contributed by atoms with Crippen LogP contribution in [-0.2, 0) is 6.42 Å². The van der Waals surface area contributed by atoms with Gasteiger partial charge in [-0.05, 0) is 36.2 Å². The Morgan fingerprint density at radius 1 is 1.04 bits per heavy atom. The van der Waals surface area contributed by atoms with Gasteiger partial charge in [0.05, 0.1) is 13.2 Å². The maximum absolute atomic E-state index is 13.1. The van der Waals surface area contributed by atoms with Gasteiger partial charge in [0.2, 0.25) is 0 Å². The van der Waals surface area contributed by atoms with E-state index in [0.29, 0.717) is 43.2 Å². The predicted molar refractivity (Wildman–Crippen MR) is 108 cm³/mol. The molecule has 0 amide bonds. The van der Waals surface area contributed by atoms with E-state index in [4.69, 9.17) is 15.2 Å². The molecule has 26 heavy (non-hydrogen) atoms. The van der Waals surface area contributed by atoms with E-state index in [-0.39, 0.29) is 29.9 Å². The van der Waals surface area contributed by atoms with E-state index in [1.165, 1.54) is 6.07 Å². The van der Waals surface area contributed by atoms with Gasteiger partial charge in [-0.15, -0.1) is 24.0 Å². The number of fused-ring (bicyclic) bond motifs is 1. The van der Waals surface area contributed by atoms with Gasteiger partial charge < -0.3 is 20.5 Å². The summed E-state index contributed by atoms with van der Waals surface area (Å²) >= 11 is 0. The van der Waals surface area contributed by atoms with Crippen molar-refractivity contribution in [1.29, 1.82) is 0 Å². The lowest BCUT2D eigenvalue weighted by Gasteiger charge is -2.10. The number of hydrogen-bond donors (Lipinski definition) is 2. The molecule has 0 bridgehead atoms. The van der Waals surface area contributed by atoms with E-state index in [1.807, 2.05) is 12.1 Å². The average Bonchev–Trinajstić information content (AvgIpc) is 2.83. The van der Waals surface area contributed by atoms with Crippen molar-refractivity contribution in [3.63, 3.8) is 0 Å². The molecular weight excluding hydrogens is 455 g/mol. The van der Waals surface area contributed by atoms with Crippen LogP contribution in [0.15, 0.2) is 41.4 Å². The highest BCUT2D eigenvalue weighted by Gasteiger charge is 2.10. The minimum atomic E-state index is -0.861. The summed E-state index contributed by atoms with van der Waals surface area (Å²) in [7, 11) is 0. The second-order valence-electron chi connectivity index (χ2n) is 5.60. The largest absolute Gasteiger partial charge is 0.490 e. The second-order valence-corrected chi connectivity index (χ2v) is 5.60. The Morgan fingerprint density at radius 2 is 1.81 bits per heavy atom. The molecule has 0 saturated carbocycles. The van der Waals surface area contributed by atoms with Crippen molar-refractivity contribution in [2.45, 2.75) is 12.8 Å². The van der Waals surface area contributed by atoms with Crippen LogP contribution < -0.4 is 20.5 Å². The zero-order valence-corrected chi connectivity index (χ0v) is 16.3. The Labute approximate surface area is 167 Å². The van der Waals surface area contributed by atoms with Crippen LogP contribution in [0.25, 0.3) is 0 Å².